The van der Waals surface area contributed by atoms with E-state index in [1.165, 1.54) is 17.0 Å². The molecule has 1 atom stereocenters. The van der Waals surface area contributed by atoms with Crippen LogP contribution in [-0.4, -0.2) is 41.3 Å². The molecule has 1 aromatic rings. The van der Waals surface area contributed by atoms with Gasteiger partial charge in [0.25, 0.3) is 5.91 Å². The van der Waals surface area contributed by atoms with Crippen molar-refractivity contribution in [2.45, 2.75) is 6.04 Å². The van der Waals surface area contributed by atoms with Crippen LogP contribution in [0.25, 0.3) is 6.08 Å². The minimum absolute atomic E-state index is 0.101. The van der Waals surface area contributed by atoms with Gasteiger partial charge in [0.2, 0.25) is 0 Å². The number of hydrogen-bond donors (Lipinski definition) is 2. The molecule has 0 aliphatic carbocycles. The molecule has 1 aliphatic heterocycles. The highest BCUT2D eigenvalue weighted by Gasteiger charge is 2.32. The molecule has 1 aliphatic rings. The fraction of sp³-hybridized carbons (Fsp3) is 0.214. The van der Waals surface area contributed by atoms with E-state index in [-0.39, 0.29) is 23.9 Å². The van der Waals surface area contributed by atoms with Gasteiger partial charge in [0, 0.05) is 5.75 Å². The van der Waals surface area contributed by atoms with E-state index >= 15 is 0 Å². The molecule has 1 heterocycles. The molecule has 1 aromatic carbocycles. The number of carbonyl (C=O) groups excluding carboxylic acids is 2. The zero-order valence-corrected chi connectivity index (χ0v) is 12.0. The molecule has 0 unspecified atom stereocenters. The van der Waals surface area contributed by atoms with Crippen molar-refractivity contribution in [2.75, 3.05) is 12.3 Å². The first-order valence-electron chi connectivity index (χ1n) is 6.26. The molecule has 21 heavy (non-hydrogen) atoms. The summed E-state index contributed by atoms with van der Waals surface area (Å²) in [6.45, 7) is -0.101. The number of amidine groups is 1. The minimum atomic E-state index is -0.535. The summed E-state index contributed by atoms with van der Waals surface area (Å²) >= 11 is 4.08. The SMILES string of the molecule is N[C@@H](CS)C1=N/C(=C/c2ccc([O-])cc2)C(=O)N1CC=O. The minimum Gasteiger partial charge on any atom is -0.872 e. The molecule has 2 rings (SSSR count). The van der Waals surface area contributed by atoms with E-state index in [1.807, 2.05) is 0 Å². The summed E-state index contributed by atoms with van der Waals surface area (Å²) in [5.41, 5.74) is 6.71. The molecular formula is C14H14N3O3S-. The van der Waals surface area contributed by atoms with Crippen molar-refractivity contribution in [1.29, 1.82) is 0 Å². The standard InChI is InChI=1S/C14H15N3O3S/c15-11(8-21)13-16-12(14(20)17(13)5-6-18)7-9-1-3-10(19)4-2-9/h1-4,6-7,11,19,21H,5,8,15H2/p-1/b12-7+/t11-/m0/s1. The highest BCUT2D eigenvalue weighted by molar-refractivity contribution is 7.80. The van der Waals surface area contributed by atoms with Crippen LogP contribution in [0.5, 0.6) is 5.75 Å². The van der Waals surface area contributed by atoms with Gasteiger partial charge in [0.05, 0.1) is 12.6 Å². The van der Waals surface area contributed by atoms with Gasteiger partial charge in [-0.05, 0) is 11.6 Å². The van der Waals surface area contributed by atoms with Crippen molar-refractivity contribution in [2.24, 2.45) is 10.7 Å². The molecule has 6 nitrogen and oxygen atoms in total. The zero-order valence-electron chi connectivity index (χ0n) is 11.1. The third-order valence-corrected chi connectivity index (χ3v) is 3.34. The maximum Gasteiger partial charge on any atom is 0.278 e. The second-order valence-corrected chi connectivity index (χ2v) is 4.81. The lowest BCUT2D eigenvalue weighted by Crippen LogP contribution is -2.45. The van der Waals surface area contributed by atoms with E-state index in [9.17, 15) is 14.7 Å². The Morgan fingerprint density at radius 3 is 2.62 bits per heavy atom. The van der Waals surface area contributed by atoms with Gasteiger partial charge in [-0.25, -0.2) is 4.99 Å². The molecule has 1 amide bonds. The van der Waals surface area contributed by atoms with Crippen LogP contribution in [0.15, 0.2) is 35.0 Å². The summed E-state index contributed by atoms with van der Waals surface area (Å²) in [5, 5.41) is 11.1. The number of aliphatic imine (C=N–C) groups is 1. The molecule has 7 heteroatoms. The second-order valence-electron chi connectivity index (χ2n) is 4.44. The lowest BCUT2D eigenvalue weighted by molar-refractivity contribution is -0.268. The Labute approximate surface area is 127 Å². The highest BCUT2D eigenvalue weighted by Crippen LogP contribution is 2.20. The van der Waals surface area contributed by atoms with Gasteiger partial charge < -0.3 is 15.6 Å². The number of amides is 1. The fourth-order valence-electron chi connectivity index (χ4n) is 1.91. The van der Waals surface area contributed by atoms with Crippen molar-refractivity contribution in [1.82, 2.24) is 4.90 Å². The lowest BCUT2D eigenvalue weighted by atomic mass is 10.2. The molecule has 0 saturated heterocycles. The number of hydrogen-bond acceptors (Lipinski definition) is 6. The van der Waals surface area contributed by atoms with Crippen LogP contribution in [0.2, 0.25) is 0 Å². The van der Waals surface area contributed by atoms with Crippen LogP contribution in [0.3, 0.4) is 0 Å². The quantitative estimate of drug-likeness (QED) is 0.447. The number of carbonyl (C=O) groups is 2. The summed E-state index contributed by atoms with van der Waals surface area (Å²) in [7, 11) is 0. The van der Waals surface area contributed by atoms with E-state index in [1.54, 1.807) is 18.2 Å². The topological polar surface area (TPSA) is 98.8 Å². The number of benzene rings is 1. The van der Waals surface area contributed by atoms with Crippen molar-refractivity contribution in [3.8, 4) is 5.75 Å². The van der Waals surface area contributed by atoms with Crippen LogP contribution >= 0.6 is 12.6 Å². The molecule has 0 bridgehead atoms. The summed E-state index contributed by atoms with van der Waals surface area (Å²) < 4.78 is 0. The third kappa shape index (κ3) is 3.32. The molecule has 0 aromatic heterocycles. The number of aldehydes is 1. The van der Waals surface area contributed by atoms with Crippen LogP contribution in [0.4, 0.5) is 0 Å². The zero-order chi connectivity index (χ0) is 15.4. The molecule has 0 radical (unpaired) electrons. The monoisotopic (exact) mass is 304 g/mol. The fourth-order valence-corrected chi connectivity index (χ4v) is 2.07. The molecular weight excluding hydrogens is 290 g/mol. The first-order valence-corrected chi connectivity index (χ1v) is 6.89. The summed E-state index contributed by atoms with van der Waals surface area (Å²) in [6.07, 6.45) is 2.17. The Kier molecular flexibility index (Phi) is 4.77. The van der Waals surface area contributed by atoms with Gasteiger partial charge in [-0.3, -0.25) is 9.69 Å². The normalized spacial score (nSPS) is 18.0. The molecule has 0 saturated carbocycles. The smallest absolute Gasteiger partial charge is 0.278 e. The van der Waals surface area contributed by atoms with E-state index < -0.39 is 6.04 Å². The number of nitrogens with two attached hydrogens (primary N) is 1. The summed E-state index contributed by atoms with van der Waals surface area (Å²) in [4.78, 5) is 28.4. The average molecular weight is 304 g/mol. The molecule has 0 spiro atoms. The summed E-state index contributed by atoms with van der Waals surface area (Å²) in [5.74, 6) is 0.132. The van der Waals surface area contributed by atoms with E-state index in [0.29, 0.717) is 23.4 Å². The van der Waals surface area contributed by atoms with Gasteiger partial charge in [-0.2, -0.15) is 12.6 Å². The van der Waals surface area contributed by atoms with Gasteiger partial charge in [0.1, 0.15) is 17.8 Å². The first kappa shape index (κ1) is 15.3. The van der Waals surface area contributed by atoms with Gasteiger partial charge >= 0.3 is 0 Å². The molecule has 2 N–H and O–H groups in total. The maximum absolute atomic E-state index is 12.2. The Hall–Kier alpha value is -2.12. The number of nitrogens with zero attached hydrogens (tertiary/aromatic N) is 2. The van der Waals surface area contributed by atoms with E-state index in [2.05, 4.69) is 17.6 Å². The summed E-state index contributed by atoms with van der Waals surface area (Å²) in [6, 6.07) is 5.46. The van der Waals surface area contributed by atoms with Gasteiger partial charge in [-0.1, -0.05) is 24.3 Å². The van der Waals surface area contributed by atoms with Crippen LogP contribution in [0, 0.1) is 0 Å². The third-order valence-electron chi connectivity index (χ3n) is 2.94. The highest BCUT2D eigenvalue weighted by atomic mass is 32.1. The van der Waals surface area contributed by atoms with E-state index in [0.717, 1.165) is 0 Å². The van der Waals surface area contributed by atoms with Crippen LogP contribution in [0.1, 0.15) is 5.56 Å². The van der Waals surface area contributed by atoms with Crippen LogP contribution < -0.4 is 10.8 Å². The predicted molar refractivity (Wildman–Crippen MR) is 80.9 cm³/mol. The number of rotatable bonds is 5. The average Bonchev–Trinajstić information content (AvgIpc) is 2.78. The molecule has 0 fully saturated rings. The lowest BCUT2D eigenvalue weighted by Gasteiger charge is -2.18. The maximum atomic E-state index is 12.2. The predicted octanol–water partition coefficient (Wildman–Crippen LogP) is -0.202. The largest absolute Gasteiger partial charge is 0.872 e. The van der Waals surface area contributed by atoms with Gasteiger partial charge in [0.15, 0.2) is 0 Å². The van der Waals surface area contributed by atoms with Crippen molar-refractivity contribution >= 4 is 36.7 Å². The van der Waals surface area contributed by atoms with Crippen molar-refractivity contribution in [3.05, 3.63) is 35.5 Å². The Balaban J connectivity index is 2.35. The second kappa shape index (κ2) is 6.55. The van der Waals surface area contributed by atoms with Crippen LogP contribution in [-0.2, 0) is 9.59 Å². The Morgan fingerprint density at radius 2 is 2.05 bits per heavy atom. The molecule has 110 valence electrons. The van der Waals surface area contributed by atoms with E-state index in [4.69, 9.17) is 5.73 Å². The van der Waals surface area contributed by atoms with Gasteiger partial charge in [-0.15, -0.1) is 5.75 Å². The first-order chi connectivity index (χ1) is 10.1. The Morgan fingerprint density at radius 1 is 1.38 bits per heavy atom. The Bertz CT molecular complexity index is 610. The number of thiol groups is 1. The van der Waals surface area contributed by atoms with Crippen molar-refractivity contribution in [3.63, 3.8) is 0 Å². The van der Waals surface area contributed by atoms with Crippen molar-refractivity contribution < 1.29 is 14.7 Å².